The number of nitrogens with zero attached hydrogens (tertiary/aromatic N) is 2. The third-order valence-corrected chi connectivity index (χ3v) is 6.17. The van der Waals surface area contributed by atoms with Gasteiger partial charge < -0.3 is 5.73 Å². The van der Waals surface area contributed by atoms with Crippen molar-refractivity contribution < 1.29 is 13.3 Å². The van der Waals surface area contributed by atoms with Gasteiger partial charge in [0.2, 0.25) is 10.0 Å². The van der Waals surface area contributed by atoms with Gasteiger partial charge in [0.25, 0.3) is 5.69 Å². The molecule has 0 bridgehead atoms. The normalized spacial score (nSPS) is 11.3. The second-order valence-electron chi connectivity index (χ2n) is 5.82. The van der Waals surface area contributed by atoms with E-state index in [1.807, 2.05) is 30.3 Å². The Balaban J connectivity index is 0.00000364. The molecule has 0 fully saturated rings. The molecule has 0 saturated heterocycles. The molecule has 0 amide bonds. The first-order valence-corrected chi connectivity index (χ1v) is 9.78. The maximum atomic E-state index is 13.2. The fourth-order valence-corrected chi connectivity index (χ4v) is 4.62. The summed E-state index contributed by atoms with van der Waals surface area (Å²) < 4.78 is 27.6. The van der Waals surface area contributed by atoms with Gasteiger partial charge in [-0.05, 0) is 37.1 Å². The molecule has 10 heteroatoms. The molecule has 2 N–H and O–H groups in total. The summed E-state index contributed by atoms with van der Waals surface area (Å²) >= 11 is 6.07. The van der Waals surface area contributed by atoms with E-state index < -0.39 is 20.6 Å². The molecule has 0 spiro atoms. The molecule has 148 valence electrons. The summed E-state index contributed by atoms with van der Waals surface area (Å²) in [5.41, 5.74) is 6.35. The minimum Gasteiger partial charge on any atom is -0.330 e. The lowest BCUT2D eigenvalue weighted by atomic mass is 10.2. The fourth-order valence-electron chi connectivity index (χ4n) is 2.52. The van der Waals surface area contributed by atoms with Crippen LogP contribution in [0, 0.1) is 17.0 Å². The molecule has 2 rings (SSSR count). The molecular weight excluding hydrogens is 413 g/mol. The van der Waals surface area contributed by atoms with Gasteiger partial charge in [0, 0.05) is 19.2 Å². The number of nitro benzene ring substituents is 1. The van der Waals surface area contributed by atoms with Crippen molar-refractivity contribution in [3.63, 3.8) is 0 Å². The molecule has 0 radical (unpaired) electrons. The van der Waals surface area contributed by atoms with E-state index in [9.17, 15) is 18.5 Å². The van der Waals surface area contributed by atoms with Crippen molar-refractivity contribution >= 4 is 39.7 Å². The van der Waals surface area contributed by atoms with Crippen molar-refractivity contribution in [2.45, 2.75) is 24.8 Å². The standard InChI is InChI=1S/C17H20ClN3O4S.ClH/c1-13-10-15(21(22)23)17(18)16(11-13)26(24,25)20(9-5-8-19)12-14-6-3-2-4-7-14;/h2-4,6-7,10-11H,5,8-9,12,19H2,1H3;1H. The maximum Gasteiger partial charge on any atom is 0.289 e. The Bertz CT molecular complexity index is 893. The highest BCUT2D eigenvalue weighted by Crippen LogP contribution is 2.34. The third kappa shape index (κ3) is 5.63. The van der Waals surface area contributed by atoms with Gasteiger partial charge in [-0.15, -0.1) is 12.4 Å². The zero-order valence-electron chi connectivity index (χ0n) is 14.7. The first-order chi connectivity index (χ1) is 12.3. The molecule has 0 heterocycles. The zero-order chi connectivity index (χ0) is 19.3. The second-order valence-corrected chi connectivity index (χ2v) is 8.10. The highest BCUT2D eigenvalue weighted by atomic mass is 35.5. The van der Waals surface area contributed by atoms with Crippen LogP contribution in [-0.4, -0.2) is 30.7 Å². The summed E-state index contributed by atoms with van der Waals surface area (Å²) in [5.74, 6) is 0. The number of sulfonamides is 1. The molecule has 0 aliphatic carbocycles. The Morgan fingerprint density at radius 2 is 1.85 bits per heavy atom. The van der Waals surface area contributed by atoms with Crippen LogP contribution in [0.4, 0.5) is 5.69 Å². The summed E-state index contributed by atoms with van der Waals surface area (Å²) in [6.07, 6.45) is 0.456. The monoisotopic (exact) mass is 433 g/mol. The number of hydrogen-bond donors (Lipinski definition) is 1. The van der Waals surface area contributed by atoms with Crippen molar-refractivity contribution in [1.82, 2.24) is 4.31 Å². The molecule has 7 nitrogen and oxygen atoms in total. The Hall–Kier alpha value is -1.71. The Labute approximate surface area is 169 Å². The van der Waals surface area contributed by atoms with Crippen LogP contribution in [0.3, 0.4) is 0 Å². The van der Waals surface area contributed by atoms with Gasteiger partial charge in [0.15, 0.2) is 0 Å². The van der Waals surface area contributed by atoms with Crippen LogP contribution >= 0.6 is 24.0 Å². The van der Waals surface area contributed by atoms with E-state index in [-0.39, 0.29) is 35.4 Å². The van der Waals surface area contributed by atoms with Crippen molar-refractivity contribution in [1.29, 1.82) is 0 Å². The molecule has 0 unspecified atom stereocenters. The topological polar surface area (TPSA) is 107 Å². The molecule has 0 aromatic heterocycles. The number of rotatable bonds is 8. The quantitative estimate of drug-likeness (QED) is 0.506. The molecule has 0 atom stereocenters. The average molecular weight is 434 g/mol. The second kappa shape index (κ2) is 10.0. The third-order valence-electron chi connectivity index (χ3n) is 3.79. The van der Waals surface area contributed by atoms with E-state index in [0.717, 1.165) is 5.56 Å². The molecule has 0 aliphatic heterocycles. The van der Waals surface area contributed by atoms with Crippen LogP contribution in [0.1, 0.15) is 17.5 Å². The predicted octanol–water partition coefficient (Wildman–Crippen LogP) is 3.52. The van der Waals surface area contributed by atoms with Gasteiger partial charge in [0.1, 0.15) is 9.92 Å². The van der Waals surface area contributed by atoms with Crippen LogP contribution in [0.15, 0.2) is 47.4 Å². The first-order valence-electron chi connectivity index (χ1n) is 7.96. The molecule has 27 heavy (non-hydrogen) atoms. The number of aryl methyl sites for hydroxylation is 1. The predicted molar refractivity (Wildman–Crippen MR) is 108 cm³/mol. The minimum absolute atomic E-state index is 0. The van der Waals surface area contributed by atoms with Crippen LogP contribution < -0.4 is 5.73 Å². The van der Waals surface area contributed by atoms with Gasteiger partial charge in [-0.1, -0.05) is 41.9 Å². The smallest absolute Gasteiger partial charge is 0.289 e. The fraction of sp³-hybridized carbons (Fsp3) is 0.294. The lowest BCUT2D eigenvalue weighted by Crippen LogP contribution is -2.33. The highest BCUT2D eigenvalue weighted by Gasteiger charge is 2.30. The summed E-state index contributed by atoms with van der Waals surface area (Å²) in [6, 6.07) is 11.7. The largest absolute Gasteiger partial charge is 0.330 e. The van der Waals surface area contributed by atoms with E-state index in [2.05, 4.69) is 0 Å². The lowest BCUT2D eigenvalue weighted by Gasteiger charge is -2.23. The van der Waals surface area contributed by atoms with Crippen LogP contribution in [-0.2, 0) is 16.6 Å². The zero-order valence-corrected chi connectivity index (χ0v) is 17.1. The van der Waals surface area contributed by atoms with Gasteiger partial charge >= 0.3 is 0 Å². The van der Waals surface area contributed by atoms with Crippen molar-refractivity contribution in [3.8, 4) is 0 Å². The van der Waals surface area contributed by atoms with E-state index in [0.29, 0.717) is 18.5 Å². The summed E-state index contributed by atoms with van der Waals surface area (Å²) in [5, 5.41) is 10.8. The van der Waals surface area contributed by atoms with Gasteiger partial charge in [0.05, 0.1) is 4.92 Å². The summed E-state index contributed by atoms with van der Waals surface area (Å²) in [4.78, 5) is 10.2. The maximum absolute atomic E-state index is 13.2. The SMILES string of the molecule is Cc1cc([N+](=O)[O-])c(Cl)c(S(=O)(=O)N(CCCN)Cc2ccccc2)c1.Cl. The minimum atomic E-state index is -4.04. The number of hydrogen-bond acceptors (Lipinski definition) is 5. The first kappa shape index (κ1) is 23.3. The van der Waals surface area contributed by atoms with Crippen LogP contribution in [0.25, 0.3) is 0 Å². The van der Waals surface area contributed by atoms with Gasteiger partial charge in [-0.25, -0.2) is 8.42 Å². The van der Waals surface area contributed by atoms with Crippen molar-refractivity contribution in [2.75, 3.05) is 13.1 Å². The van der Waals surface area contributed by atoms with E-state index in [1.54, 1.807) is 6.92 Å². The van der Waals surface area contributed by atoms with Crippen molar-refractivity contribution in [3.05, 3.63) is 68.7 Å². The lowest BCUT2D eigenvalue weighted by molar-refractivity contribution is -0.385. The van der Waals surface area contributed by atoms with Gasteiger partial charge in [-0.3, -0.25) is 10.1 Å². The van der Waals surface area contributed by atoms with E-state index in [1.165, 1.54) is 16.4 Å². The van der Waals surface area contributed by atoms with E-state index in [4.69, 9.17) is 17.3 Å². The van der Waals surface area contributed by atoms with Crippen LogP contribution in [0.5, 0.6) is 0 Å². The Kier molecular flexibility index (Phi) is 8.64. The Morgan fingerprint density at radius 1 is 1.22 bits per heavy atom. The van der Waals surface area contributed by atoms with Crippen LogP contribution in [0.2, 0.25) is 5.02 Å². The van der Waals surface area contributed by atoms with E-state index >= 15 is 0 Å². The number of halogens is 2. The van der Waals surface area contributed by atoms with Crippen molar-refractivity contribution in [2.24, 2.45) is 5.73 Å². The molecule has 2 aromatic rings. The molecular formula is C17H21Cl2N3O4S. The summed E-state index contributed by atoms with van der Waals surface area (Å²) in [7, 11) is -4.04. The Morgan fingerprint density at radius 3 is 2.41 bits per heavy atom. The highest BCUT2D eigenvalue weighted by molar-refractivity contribution is 7.89. The molecule has 2 aromatic carbocycles. The van der Waals surface area contributed by atoms with Gasteiger partial charge in [-0.2, -0.15) is 4.31 Å². The number of nitro groups is 1. The number of benzene rings is 2. The average Bonchev–Trinajstić information content (AvgIpc) is 2.60. The summed E-state index contributed by atoms with van der Waals surface area (Å²) in [6.45, 7) is 2.22. The number of nitrogens with two attached hydrogens (primary N) is 1. The molecule has 0 aliphatic rings. The molecule has 0 saturated carbocycles.